The highest BCUT2D eigenvalue weighted by Gasteiger charge is 2.64. The van der Waals surface area contributed by atoms with Gasteiger partial charge in [0.25, 0.3) is 0 Å². The van der Waals surface area contributed by atoms with Crippen LogP contribution in [0.4, 0.5) is 0 Å². The van der Waals surface area contributed by atoms with Gasteiger partial charge < -0.3 is 10.2 Å². The molecule has 2 nitrogen and oxygen atoms in total. The van der Waals surface area contributed by atoms with Crippen LogP contribution in [0.15, 0.2) is 0 Å². The third kappa shape index (κ3) is 1.94. The van der Waals surface area contributed by atoms with E-state index in [9.17, 15) is 0 Å². The highest BCUT2D eigenvalue weighted by molar-refractivity contribution is 5.17. The van der Waals surface area contributed by atoms with E-state index in [0.29, 0.717) is 16.9 Å². The Balaban J connectivity index is 1.67. The summed E-state index contributed by atoms with van der Waals surface area (Å²) >= 11 is 0. The molecule has 1 aliphatic carbocycles. The highest BCUT2D eigenvalue weighted by atomic mass is 15.2. The molecule has 0 aromatic rings. The first-order chi connectivity index (χ1) is 6.96. The van der Waals surface area contributed by atoms with Crippen LogP contribution in [-0.4, -0.2) is 37.1 Å². The maximum Gasteiger partial charge on any atom is 0.0181 e. The van der Waals surface area contributed by atoms with E-state index in [1.54, 1.807) is 0 Å². The van der Waals surface area contributed by atoms with Crippen LogP contribution < -0.4 is 5.32 Å². The highest BCUT2D eigenvalue weighted by Crippen LogP contribution is 2.62. The monoisotopic (exact) mass is 210 g/mol. The largest absolute Gasteiger partial charge is 0.312 e. The van der Waals surface area contributed by atoms with Crippen LogP contribution in [0.1, 0.15) is 40.5 Å². The Labute approximate surface area is 94.4 Å². The van der Waals surface area contributed by atoms with Gasteiger partial charge in [0.05, 0.1) is 0 Å². The van der Waals surface area contributed by atoms with Crippen molar-refractivity contribution in [3.05, 3.63) is 0 Å². The molecule has 0 aromatic heterocycles. The molecule has 0 amide bonds. The van der Waals surface area contributed by atoms with E-state index in [4.69, 9.17) is 0 Å². The molecule has 0 spiro atoms. The lowest BCUT2D eigenvalue weighted by molar-refractivity contribution is 0.331. The molecule has 0 radical (unpaired) electrons. The van der Waals surface area contributed by atoms with Crippen molar-refractivity contribution in [2.24, 2.45) is 10.8 Å². The van der Waals surface area contributed by atoms with Crippen molar-refractivity contribution in [3.8, 4) is 0 Å². The molecular weight excluding hydrogens is 184 g/mol. The maximum atomic E-state index is 3.72. The molecular formula is C13H26N2. The van der Waals surface area contributed by atoms with E-state index < -0.39 is 0 Å². The van der Waals surface area contributed by atoms with Crippen molar-refractivity contribution >= 4 is 0 Å². The summed E-state index contributed by atoms with van der Waals surface area (Å²) in [6.07, 6.45) is 2.81. The Morgan fingerprint density at radius 2 is 1.60 bits per heavy atom. The summed E-state index contributed by atoms with van der Waals surface area (Å²) in [5, 5.41) is 3.72. The number of likely N-dealkylation sites (tertiary alicyclic amines) is 1. The van der Waals surface area contributed by atoms with Crippen molar-refractivity contribution in [1.29, 1.82) is 0 Å². The smallest absolute Gasteiger partial charge is 0.0181 e. The minimum atomic E-state index is 0.484. The van der Waals surface area contributed by atoms with Gasteiger partial charge in [0.15, 0.2) is 0 Å². The summed E-state index contributed by atoms with van der Waals surface area (Å²) in [5.41, 5.74) is 0.968. The Bertz CT molecular complexity index is 213. The summed E-state index contributed by atoms with van der Waals surface area (Å²) in [6, 6.07) is 0.715. The summed E-state index contributed by atoms with van der Waals surface area (Å²) in [6.45, 7) is 14.5. The zero-order valence-corrected chi connectivity index (χ0v) is 10.8. The number of hydrogen-bond acceptors (Lipinski definition) is 2. The molecule has 1 aliphatic heterocycles. The first kappa shape index (κ1) is 11.4. The lowest BCUT2D eigenvalue weighted by atomic mass is 10.0. The molecule has 1 saturated carbocycles. The quantitative estimate of drug-likeness (QED) is 0.764. The molecule has 2 aliphatic rings. The van der Waals surface area contributed by atoms with Gasteiger partial charge in [0.2, 0.25) is 0 Å². The van der Waals surface area contributed by atoms with Crippen LogP contribution in [-0.2, 0) is 0 Å². The van der Waals surface area contributed by atoms with Crippen LogP contribution in [0.5, 0.6) is 0 Å². The van der Waals surface area contributed by atoms with Gasteiger partial charge in [-0.1, -0.05) is 27.7 Å². The van der Waals surface area contributed by atoms with Crippen LogP contribution in [0.3, 0.4) is 0 Å². The van der Waals surface area contributed by atoms with E-state index in [-0.39, 0.29) is 0 Å². The SMILES string of the molecule is CC1(C)C(NCCN2CCCC2)C1(C)C. The van der Waals surface area contributed by atoms with Crippen LogP contribution >= 0.6 is 0 Å². The normalized spacial score (nSPS) is 29.6. The van der Waals surface area contributed by atoms with Gasteiger partial charge in [-0.15, -0.1) is 0 Å². The molecule has 88 valence electrons. The van der Waals surface area contributed by atoms with Crippen molar-refractivity contribution in [1.82, 2.24) is 10.2 Å². The molecule has 1 saturated heterocycles. The fourth-order valence-corrected chi connectivity index (χ4v) is 3.08. The molecule has 0 unspecified atom stereocenters. The molecule has 2 rings (SSSR count). The minimum absolute atomic E-state index is 0.484. The van der Waals surface area contributed by atoms with Gasteiger partial charge in [0.1, 0.15) is 0 Å². The number of hydrogen-bond donors (Lipinski definition) is 1. The van der Waals surface area contributed by atoms with Gasteiger partial charge in [0, 0.05) is 19.1 Å². The first-order valence-electron chi connectivity index (χ1n) is 6.42. The topological polar surface area (TPSA) is 15.3 Å². The number of nitrogens with zero attached hydrogens (tertiary/aromatic N) is 1. The van der Waals surface area contributed by atoms with E-state index in [0.717, 1.165) is 6.54 Å². The van der Waals surface area contributed by atoms with Gasteiger partial charge >= 0.3 is 0 Å². The maximum absolute atomic E-state index is 3.72. The molecule has 15 heavy (non-hydrogen) atoms. The third-order valence-electron chi connectivity index (χ3n) is 5.00. The molecule has 2 fully saturated rings. The summed E-state index contributed by atoms with van der Waals surface area (Å²) in [4.78, 5) is 2.58. The summed E-state index contributed by atoms with van der Waals surface area (Å²) < 4.78 is 0. The van der Waals surface area contributed by atoms with E-state index in [2.05, 4.69) is 37.9 Å². The standard InChI is InChI=1S/C13H26N2/c1-12(2)11(13(12,3)4)14-7-10-15-8-5-6-9-15/h11,14H,5-10H2,1-4H3. The molecule has 1 N–H and O–H groups in total. The lowest BCUT2D eigenvalue weighted by Gasteiger charge is -2.15. The third-order valence-corrected chi connectivity index (χ3v) is 5.00. The van der Waals surface area contributed by atoms with Crippen LogP contribution in [0.25, 0.3) is 0 Å². The number of nitrogens with one attached hydrogen (secondary N) is 1. The summed E-state index contributed by atoms with van der Waals surface area (Å²) in [7, 11) is 0. The van der Waals surface area contributed by atoms with Gasteiger partial charge in [-0.05, 0) is 36.8 Å². The minimum Gasteiger partial charge on any atom is -0.312 e. The van der Waals surface area contributed by atoms with Crippen molar-refractivity contribution < 1.29 is 0 Å². The lowest BCUT2D eigenvalue weighted by Crippen LogP contribution is -2.33. The first-order valence-corrected chi connectivity index (χ1v) is 6.42. The average molecular weight is 210 g/mol. The Morgan fingerprint density at radius 1 is 1.07 bits per heavy atom. The van der Waals surface area contributed by atoms with Gasteiger partial charge in [-0.2, -0.15) is 0 Å². The van der Waals surface area contributed by atoms with Crippen LogP contribution in [0, 0.1) is 10.8 Å². The molecule has 1 heterocycles. The fraction of sp³-hybridized carbons (Fsp3) is 1.00. The average Bonchev–Trinajstić information content (AvgIpc) is 2.62. The van der Waals surface area contributed by atoms with Gasteiger partial charge in [-0.3, -0.25) is 0 Å². The predicted molar refractivity (Wildman–Crippen MR) is 65.0 cm³/mol. The number of rotatable bonds is 4. The van der Waals surface area contributed by atoms with E-state index >= 15 is 0 Å². The second-order valence-electron chi connectivity index (χ2n) is 6.38. The Hall–Kier alpha value is -0.0800. The molecule has 0 bridgehead atoms. The predicted octanol–water partition coefficient (Wildman–Crippen LogP) is 2.11. The zero-order chi connectivity index (χ0) is 11.1. The molecule has 0 aromatic carbocycles. The van der Waals surface area contributed by atoms with E-state index in [1.807, 2.05) is 0 Å². The fourth-order valence-electron chi connectivity index (χ4n) is 3.08. The van der Waals surface area contributed by atoms with Crippen molar-refractivity contribution in [2.45, 2.75) is 46.6 Å². The van der Waals surface area contributed by atoms with Crippen LogP contribution in [0.2, 0.25) is 0 Å². The molecule has 2 heteroatoms. The Morgan fingerprint density at radius 3 is 2.07 bits per heavy atom. The summed E-state index contributed by atoms with van der Waals surface area (Å²) in [5.74, 6) is 0. The van der Waals surface area contributed by atoms with Gasteiger partial charge in [-0.25, -0.2) is 0 Å². The van der Waals surface area contributed by atoms with Crippen molar-refractivity contribution in [2.75, 3.05) is 26.2 Å². The Kier molecular flexibility index (Phi) is 2.85. The van der Waals surface area contributed by atoms with Crippen molar-refractivity contribution in [3.63, 3.8) is 0 Å². The second-order valence-corrected chi connectivity index (χ2v) is 6.38. The second kappa shape index (κ2) is 3.74. The van der Waals surface area contributed by atoms with E-state index in [1.165, 1.54) is 32.5 Å². The zero-order valence-electron chi connectivity index (χ0n) is 10.8. The molecule has 0 atom stereocenters.